The SMILES string of the molecule is COc1cc(-c2cc(N)n[nH]2)c(S(C)(=O)=O)cc1C. The molecule has 0 radical (unpaired) electrons. The molecule has 0 atom stereocenters. The summed E-state index contributed by atoms with van der Waals surface area (Å²) >= 11 is 0. The van der Waals surface area contributed by atoms with Crippen molar-refractivity contribution in [3.05, 3.63) is 23.8 Å². The lowest BCUT2D eigenvalue weighted by atomic mass is 10.1. The summed E-state index contributed by atoms with van der Waals surface area (Å²) in [6.45, 7) is 1.79. The van der Waals surface area contributed by atoms with Gasteiger partial charge in [-0.15, -0.1) is 0 Å². The fraction of sp³-hybridized carbons (Fsp3) is 0.250. The number of H-pyrrole nitrogens is 1. The maximum absolute atomic E-state index is 11.9. The van der Waals surface area contributed by atoms with Crippen molar-refractivity contribution in [1.29, 1.82) is 0 Å². The van der Waals surface area contributed by atoms with E-state index in [0.717, 1.165) is 11.8 Å². The van der Waals surface area contributed by atoms with Gasteiger partial charge in [0.1, 0.15) is 11.6 Å². The quantitative estimate of drug-likeness (QED) is 0.885. The average molecular weight is 281 g/mol. The average Bonchev–Trinajstić information content (AvgIpc) is 2.74. The molecule has 0 saturated carbocycles. The van der Waals surface area contributed by atoms with Crippen molar-refractivity contribution in [2.24, 2.45) is 0 Å². The molecule has 102 valence electrons. The summed E-state index contributed by atoms with van der Waals surface area (Å²) in [4.78, 5) is 0.217. The molecule has 0 saturated heterocycles. The van der Waals surface area contributed by atoms with Gasteiger partial charge in [-0.1, -0.05) is 0 Å². The first kappa shape index (κ1) is 13.4. The van der Waals surface area contributed by atoms with Crippen molar-refractivity contribution in [1.82, 2.24) is 10.2 Å². The number of anilines is 1. The highest BCUT2D eigenvalue weighted by Crippen LogP contribution is 2.33. The summed E-state index contributed by atoms with van der Waals surface area (Å²) < 4.78 is 29.0. The Morgan fingerprint density at radius 1 is 1.32 bits per heavy atom. The number of nitrogens with zero attached hydrogens (tertiary/aromatic N) is 1. The van der Waals surface area contributed by atoms with Crippen LogP contribution in [0.5, 0.6) is 5.75 Å². The predicted octanol–water partition coefficient (Wildman–Crippen LogP) is 1.38. The number of benzene rings is 1. The van der Waals surface area contributed by atoms with Crippen LogP contribution < -0.4 is 10.5 Å². The number of methoxy groups -OCH3 is 1. The van der Waals surface area contributed by atoms with E-state index in [9.17, 15) is 8.42 Å². The van der Waals surface area contributed by atoms with Gasteiger partial charge in [-0.05, 0) is 24.6 Å². The highest BCUT2D eigenvalue weighted by atomic mass is 32.2. The van der Waals surface area contributed by atoms with E-state index < -0.39 is 9.84 Å². The third kappa shape index (κ3) is 2.55. The van der Waals surface area contributed by atoms with E-state index in [-0.39, 0.29) is 4.90 Å². The molecule has 0 spiro atoms. The molecule has 7 heteroatoms. The molecular weight excluding hydrogens is 266 g/mol. The third-order valence-corrected chi connectivity index (χ3v) is 3.92. The monoisotopic (exact) mass is 281 g/mol. The Kier molecular flexibility index (Phi) is 3.23. The van der Waals surface area contributed by atoms with E-state index >= 15 is 0 Å². The number of nitrogens with two attached hydrogens (primary N) is 1. The molecule has 2 rings (SSSR count). The third-order valence-electron chi connectivity index (χ3n) is 2.78. The number of rotatable bonds is 3. The van der Waals surface area contributed by atoms with E-state index in [4.69, 9.17) is 10.5 Å². The van der Waals surface area contributed by atoms with Crippen molar-refractivity contribution < 1.29 is 13.2 Å². The molecule has 0 bridgehead atoms. The molecular formula is C12H15N3O3S. The maximum atomic E-state index is 11.9. The Balaban J connectivity index is 2.76. The molecule has 3 N–H and O–H groups in total. The Morgan fingerprint density at radius 2 is 2.00 bits per heavy atom. The normalized spacial score (nSPS) is 11.5. The molecule has 1 heterocycles. The summed E-state index contributed by atoms with van der Waals surface area (Å²) in [5.41, 5.74) is 7.33. The van der Waals surface area contributed by atoms with E-state index in [1.54, 1.807) is 25.1 Å². The van der Waals surface area contributed by atoms with Crippen LogP contribution in [0.1, 0.15) is 5.56 Å². The lowest BCUT2D eigenvalue weighted by molar-refractivity contribution is 0.411. The van der Waals surface area contributed by atoms with Crippen molar-refractivity contribution in [2.75, 3.05) is 19.1 Å². The van der Waals surface area contributed by atoms with Crippen LogP contribution in [0.3, 0.4) is 0 Å². The fourth-order valence-electron chi connectivity index (χ4n) is 1.87. The fourth-order valence-corrected chi connectivity index (χ4v) is 2.83. The Bertz CT molecular complexity index is 720. The summed E-state index contributed by atoms with van der Waals surface area (Å²) in [6, 6.07) is 4.83. The molecule has 1 aromatic carbocycles. The largest absolute Gasteiger partial charge is 0.496 e. The minimum Gasteiger partial charge on any atom is -0.496 e. The molecule has 0 fully saturated rings. The molecule has 0 amide bonds. The second-order valence-corrected chi connectivity index (χ2v) is 6.28. The summed E-state index contributed by atoms with van der Waals surface area (Å²) in [7, 11) is -1.83. The van der Waals surface area contributed by atoms with Crippen LogP contribution in [0.25, 0.3) is 11.3 Å². The first-order valence-electron chi connectivity index (χ1n) is 5.53. The summed E-state index contributed by atoms with van der Waals surface area (Å²) in [5, 5.41) is 6.52. The maximum Gasteiger partial charge on any atom is 0.176 e. The van der Waals surface area contributed by atoms with Gasteiger partial charge in [0, 0.05) is 17.9 Å². The van der Waals surface area contributed by atoms with E-state index in [1.807, 2.05) is 0 Å². The zero-order valence-corrected chi connectivity index (χ0v) is 11.7. The first-order valence-corrected chi connectivity index (χ1v) is 7.42. The van der Waals surface area contributed by atoms with Crippen molar-refractivity contribution in [3.63, 3.8) is 0 Å². The smallest absolute Gasteiger partial charge is 0.176 e. The number of nitrogen functional groups attached to an aromatic ring is 1. The van der Waals surface area contributed by atoms with Crippen molar-refractivity contribution in [2.45, 2.75) is 11.8 Å². The number of hydrogen-bond donors (Lipinski definition) is 2. The first-order chi connectivity index (χ1) is 8.82. The molecule has 6 nitrogen and oxygen atoms in total. The Morgan fingerprint density at radius 3 is 2.47 bits per heavy atom. The predicted molar refractivity (Wildman–Crippen MR) is 72.8 cm³/mol. The molecule has 0 unspecified atom stereocenters. The second-order valence-electron chi connectivity index (χ2n) is 4.30. The Hall–Kier alpha value is -2.02. The van der Waals surface area contributed by atoms with Crippen molar-refractivity contribution in [3.8, 4) is 17.0 Å². The molecule has 0 aliphatic rings. The minimum atomic E-state index is -3.36. The number of nitrogens with one attached hydrogen (secondary N) is 1. The van der Waals surface area contributed by atoms with E-state index in [2.05, 4.69) is 10.2 Å². The number of aromatic nitrogens is 2. The molecule has 2 aromatic rings. The van der Waals surface area contributed by atoms with Crippen LogP contribution in [0.4, 0.5) is 5.82 Å². The van der Waals surface area contributed by atoms with Crippen LogP contribution >= 0.6 is 0 Å². The van der Waals surface area contributed by atoms with Gasteiger partial charge in [0.15, 0.2) is 9.84 Å². The van der Waals surface area contributed by atoms with Gasteiger partial charge >= 0.3 is 0 Å². The lowest BCUT2D eigenvalue weighted by Crippen LogP contribution is -2.02. The zero-order chi connectivity index (χ0) is 14.2. The number of aryl methyl sites for hydroxylation is 1. The van der Waals surface area contributed by atoms with Crippen LogP contribution in [-0.4, -0.2) is 32.0 Å². The standard InChI is InChI=1S/C12H15N3O3S/c1-7-4-11(19(3,16)17)8(5-10(7)18-2)9-6-12(13)15-14-9/h4-6H,1-3H3,(H3,13,14,15). The Labute approximate surface area is 111 Å². The molecule has 0 aliphatic carbocycles. The van der Waals surface area contributed by atoms with E-state index in [0.29, 0.717) is 22.8 Å². The summed E-state index contributed by atoms with van der Waals surface area (Å²) in [6.07, 6.45) is 1.16. The highest BCUT2D eigenvalue weighted by Gasteiger charge is 2.18. The van der Waals surface area contributed by atoms with Crippen molar-refractivity contribution >= 4 is 15.7 Å². The van der Waals surface area contributed by atoms with Crippen LogP contribution in [0.15, 0.2) is 23.1 Å². The van der Waals surface area contributed by atoms with Gasteiger partial charge < -0.3 is 10.5 Å². The van der Waals surface area contributed by atoms with E-state index in [1.165, 1.54) is 7.11 Å². The number of sulfone groups is 1. The molecule has 1 aromatic heterocycles. The van der Waals surface area contributed by atoms with Gasteiger partial charge in [-0.2, -0.15) is 5.10 Å². The van der Waals surface area contributed by atoms with Gasteiger partial charge in [0.25, 0.3) is 0 Å². The minimum absolute atomic E-state index is 0.217. The lowest BCUT2D eigenvalue weighted by Gasteiger charge is -2.11. The summed E-state index contributed by atoms with van der Waals surface area (Å²) in [5.74, 6) is 0.907. The van der Waals surface area contributed by atoms with Gasteiger partial charge in [-0.3, -0.25) is 5.10 Å². The van der Waals surface area contributed by atoms with Crippen LogP contribution in [0.2, 0.25) is 0 Å². The second kappa shape index (κ2) is 4.58. The van der Waals surface area contributed by atoms with Crippen LogP contribution in [0, 0.1) is 6.92 Å². The zero-order valence-electron chi connectivity index (χ0n) is 10.9. The number of aromatic amines is 1. The number of hydrogen-bond acceptors (Lipinski definition) is 5. The molecule has 19 heavy (non-hydrogen) atoms. The van der Waals surface area contributed by atoms with Crippen LogP contribution in [-0.2, 0) is 9.84 Å². The van der Waals surface area contributed by atoms with Gasteiger partial charge in [0.2, 0.25) is 0 Å². The van der Waals surface area contributed by atoms with Gasteiger partial charge in [0.05, 0.1) is 17.7 Å². The number of ether oxygens (including phenoxy) is 1. The topological polar surface area (TPSA) is 98.1 Å². The molecule has 0 aliphatic heterocycles. The highest BCUT2D eigenvalue weighted by molar-refractivity contribution is 7.90. The van der Waals surface area contributed by atoms with Gasteiger partial charge in [-0.25, -0.2) is 8.42 Å².